The van der Waals surface area contributed by atoms with E-state index in [0.717, 1.165) is 24.6 Å². The van der Waals surface area contributed by atoms with Crippen LogP contribution in [0, 0.1) is 0 Å². The van der Waals surface area contributed by atoms with Crippen molar-refractivity contribution in [2.45, 2.75) is 65.0 Å². The van der Waals surface area contributed by atoms with Crippen LogP contribution >= 0.6 is 0 Å². The zero-order valence-corrected chi connectivity index (χ0v) is 13.5. The van der Waals surface area contributed by atoms with Gasteiger partial charge in [-0.25, -0.2) is 0 Å². The summed E-state index contributed by atoms with van der Waals surface area (Å²) in [5.41, 5.74) is 1.26. The molecule has 0 heterocycles. The molecule has 1 aliphatic carbocycles. The van der Waals surface area contributed by atoms with Gasteiger partial charge in [-0.15, -0.1) is 0 Å². The van der Waals surface area contributed by atoms with E-state index in [0.29, 0.717) is 12.7 Å². The van der Waals surface area contributed by atoms with Gasteiger partial charge in [0.2, 0.25) is 0 Å². The molecule has 0 atom stereocenters. The maximum Gasteiger partial charge on any atom is 0.161 e. The number of unbranched alkanes of at least 4 members (excludes halogenated alkanes) is 1. The lowest BCUT2D eigenvalue weighted by Gasteiger charge is -2.17. The second kappa shape index (κ2) is 8.93. The predicted molar refractivity (Wildman–Crippen MR) is 87.1 cm³/mol. The Hall–Kier alpha value is -1.22. The van der Waals surface area contributed by atoms with Crippen molar-refractivity contribution in [1.82, 2.24) is 5.32 Å². The summed E-state index contributed by atoms with van der Waals surface area (Å²) in [5, 5.41) is 3.47. The van der Waals surface area contributed by atoms with Gasteiger partial charge in [0, 0.05) is 6.54 Å². The van der Waals surface area contributed by atoms with Crippen LogP contribution in [-0.4, -0.2) is 19.3 Å². The van der Waals surface area contributed by atoms with Crippen LogP contribution < -0.4 is 14.8 Å². The second-order valence-corrected chi connectivity index (χ2v) is 5.77. The maximum atomic E-state index is 6.11. The van der Waals surface area contributed by atoms with E-state index in [4.69, 9.17) is 9.47 Å². The van der Waals surface area contributed by atoms with Crippen LogP contribution in [0.1, 0.15) is 57.9 Å². The summed E-state index contributed by atoms with van der Waals surface area (Å²) in [4.78, 5) is 0. The van der Waals surface area contributed by atoms with E-state index in [2.05, 4.69) is 30.4 Å². The Kier molecular flexibility index (Phi) is 6.87. The number of nitrogens with one attached hydrogen (secondary N) is 1. The van der Waals surface area contributed by atoms with E-state index in [9.17, 15) is 0 Å². The largest absolute Gasteiger partial charge is 0.490 e. The van der Waals surface area contributed by atoms with Crippen LogP contribution in [0.3, 0.4) is 0 Å². The molecule has 3 nitrogen and oxygen atoms in total. The summed E-state index contributed by atoms with van der Waals surface area (Å²) in [6.45, 7) is 6.87. The molecule has 1 aromatic rings. The molecule has 1 N–H and O–H groups in total. The number of hydrogen-bond donors (Lipinski definition) is 1. The predicted octanol–water partition coefficient (Wildman–Crippen LogP) is 4.30. The molecular formula is C18H29NO2. The molecule has 21 heavy (non-hydrogen) atoms. The first kappa shape index (κ1) is 16.2. The quantitative estimate of drug-likeness (QED) is 0.688. The van der Waals surface area contributed by atoms with Crippen molar-refractivity contribution in [1.29, 1.82) is 0 Å². The number of benzene rings is 1. The average Bonchev–Trinajstić information content (AvgIpc) is 2.99. The van der Waals surface area contributed by atoms with E-state index in [-0.39, 0.29) is 0 Å². The highest BCUT2D eigenvalue weighted by Crippen LogP contribution is 2.32. The van der Waals surface area contributed by atoms with Gasteiger partial charge in [-0.2, -0.15) is 0 Å². The fourth-order valence-electron chi connectivity index (χ4n) is 2.75. The smallest absolute Gasteiger partial charge is 0.161 e. The van der Waals surface area contributed by atoms with E-state index >= 15 is 0 Å². The van der Waals surface area contributed by atoms with E-state index in [1.807, 2.05) is 6.92 Å². The van der Waals surface area contributed by atoms with Gasteiger partial charge in [0.15, 0.2) is 11.5 Å². The Bertz CT molecular complexity index is 414. The fourth-order valence-corrected chi connectivity index (χ4v) is 2.75. The Morgan fingerprint density at radius 3 is 2.67 bits per heavy atom. The molecule has 0 radical (unpaired) electrons. The topological polar surface area (TPSA) is 30.5 Å². The minimum absolute atomic E-state index is 0.373. The molecule has 0 unspecified atom stereocenters. The summed E-state index contributed by atoms with van der Waals surface area (Å²) >= 11 is 0. The number of ether oxygens (including phenoxy) is 2. The Morgan fingerprint density at radius 1 is 1.14 bits per heavy atom. The van der Waals surface area contributed by atoms with E-state index < -0.39 is 0 Å². The van der Waals surface area contributed by atoms with E-state index in [1.165, 1.54) is 44.1 Å². The van der Waals surface area contributed by atoms with Crippen LogP contribution in [0.4, 0.5) is 0 Å². The van der Waals surface area contributed by atoms with Crippen LogP contribution in [0.15, 0.2) is 18.2 Å². The molecule has 0 aromatic heterocycles. The summed E-state index contributed by atoms with van der Waals surface area (Å²) in [6.07, 6.45) is 7.74. The highest BCUT2D eigenvalue weighted by Gasteiger charge is 2.18. The van der Waals surface area contributed by atoms with Gasteiger partial charge >= 0.3 is 0 Å². The molecule has 0 spiro atoms. The van der Waals surface area contributed by atoms with Crippen LogP contribution in [-0.2, 0) is 6.54 Å². The van der Waals surface area contributed by atoms with Crippen molar-refractivity contribution >= 4 is 0 Å². The lowest BCUT2D eigenvalue weighted by Crippen LogP contribution is -2.15. The maximum absolute atomic E-state index is 6.11. The highest BCUT2D eigenvalue weighted by atomic mass is 16.5. The highest BCUT2D eigenvalue weighted by molar-refractivity contribution is 5.43. The van der Waals surface area contributed by atoms with Gasteiger partial charge in [-0.1, -0.05) is 19.4 Å². The van der Waals surface area contributed by atoms with Gasteiger partial charge in [-0.05, 0) is 63.3 Å². The summed E-state index contributed by atoms with van der Waals surface area (Å²) in [5.74, 6) is 1.79. The third-order valence-corrected chi connectivity index (χ3v) is 3.94. The first-order valence-corrected chi connectivity index (χ1v) is 8.46. The molecule has 1 saturated carbocycles. The SMILES string of the molecule is CCCCNCc1ccc(OC2CCCC2)c(OCC)c1. The van der Waals surface area contributed by atoms with Gasteiger partial charge in [0.05, 0.1) is 12.7 Å². The van der Waals surface area contributed by atoms with Crippen LogP contribution in [0.2, 0.25) is 0 Å². The molecule has 1 aromatic carbocycles. The molecule has 118 valence electrons. The van der Waals surface area contributed by atoms with Gasteiger partial charge in [0.25, 0.3) is 0 Å². The standard InChI is InChI=1S/C18H29NO2/c1-3-5-12-19-14-15-10-11-17(18(13-15)20-4-2)21-16-8-6-7-9-16/h10-11,13,16,19H,3-9,12,14H2,1-2H3. The van der Waals surface area contributed by atoms with Gasteiger partial charge < -0.3 is 14.8 Å². The molecule has 1 aliphatic rings. The lowest BCUT2D eigenvalue weighted by molar-refractivity contribution is 0.196. The van der Waals surface area contributed by atoms with E-state index in [1.54, 1.807) is 0 Å². The van der Waals surface area contributed by atoms with Crippen molar-refractivity contribution in [3.63, 3.8) is 0 Å². The summed E-state index contributed by atoms with van der Waals surface area (Å²) in [6, 6.07) is 6.33. The molecule has 1 fully saturated rings. The summed E-state index contributed by atoms with van der Waals surface area (Å²) < 4.78 is 11.9. The van der Waals surface area contributed by atoms with Crippen molar-refractivity contribution in [3.05, 3.63) is 23.8 Å². The van der Waals surface area contributed by atoms with Crippen molar-refractivity contribution < 1.29 is 9.47 Å². The zero-order chi connectivity index (χ0) is 14.9. The normalized spacial score (nSPS) is 15.3. The van der Waals surface area contributed by atoms with Crippen molar-refractivity contribution in [3.8, 4) is 11.5 Å². The average molecular weight is 291 g/mol. The number of rotatable bonds is 9. The zero-order valence-electron chi connectivity index (χ0n) is 13.5. The molecular weight excluding hydrogens is 262 g/mol. The van der Waals surface area contributed by atoms with Crippen molar-refractivity contribution in [2.75, 3.05) is 13.2 Å². The molecule has 0 amide bonds. The lowest BCUT2D eigenvalue weighted by atomic mass is 10.2. The van der Waals surface area contributed by atoms with Crippen LogP contribution in [0.5, 0.6) is 11.5 Å². The second-order valence-electron chi connectivity index (χ2n) is 5.77. The van der Waals surface area contributed by atoms with Gasteiger partial charge in [0.1, 0.15) is 0 Å². The molecule has 2 rings (SSSR count). The minimum Gasteiger partial charge on any atom is -0.490 e. The fraction of sp³-hybridized carbons (Fsp3) is 0.667. The Balaban J connectivity index is 1.96. The van der Waals surface area contributed by atoms with Gasteiger partial charge in [-0.3, -0.25) is 0 Å². The first-order chi connectivity index (χ1) is 10.3. The molecule has 0 saturated heterocycles. The number of hydrogen-bond acceptors (Lipinski definition) is 3. The van der Waals surface area contributed by atoms with Crippen molar-refractivity contribution in [2.24, 2.45) is 0 Å². The van der Waals surface area contributed by atoms with Crippen LogP contribution in [0.25, 0.3) is 0 Å². The third-order valence-electron chi connectivity index (χ3n) is 3.94. The molecule has 0 bridgehead atoms. The monoisotopic (exact) mass is 291 g/mol. The molecule has 0 aliphatic heterocycles. The third kappa shape index (κ3) is 5.24. The summed E-state index contributed by atoms with van der Waals surface area (Å²) in [7, 11) is 0. The molecule has 3 heteroatoms. The Labute approximate surface area is 129 Å². The Morgan fingerprint density at radius 2 is 1.95 bits per heavy atom. The first-order valence-electron chi connectivity index (χ1n) is 8.46. The minimum atomic E-state index is 0.373.